The summed E-state index contributed by atoms with van der Waals surface area (Å²) in [5.74, 6) is 0.449. The summed E-state index contributed by atoms with van der Waals surface area (Å²) in [6.07, 6.45) is 3.10. The number of rotatable bonds is 5. The lowest BCUT2D eigenvalue weighted by Gasteiger charge is -2.15. The highest BCUT2D eigenvalue weighted by atomic mass is 16.3. The molecule has 0 radical (unpaired) electrons. The Kier molecular flexibility index (Phi) is 4.36. The number of hydrogen-bond acceptors (Lipinski definition) is 3. The summed E-state index contributed by atoms with van der Waals surface area (Å²) in [6.45, 7) is 6.30. The molecule has 1 saturated heterocycles. The molecule has 0 spiro atoms. The fraction of sp³-hybridized carbons (Fsp3) is 0.471. The molecule has 21 heavy (non-hydrogen) atoms. The van der Waals surface area contributed by atoms with Crippen molar-refractivity contribution in [3.63, 3.8) is 0 Å². The number of aliphatic hydroxyl groups excluding tert-OH is 1. The highest BCUT2D eigenvalue weighted by Gasteiger charge is 2.22. The van der Waals surface area contributed by atoms with Crippen LogP contribution in [-0.2, 0) is 13.1 Å². The fourth-order valence-electron chi connectivity index (χ4n) is 3.00. The summed E-state index contributed by atoms with van der Waals surface area (Å²) in [4.78, 5) is 2.41. The van der Waals surface area contributed by atoms with Crippen LogP contribution in [0.2, 0.25) is 0 Å². The molecule has 1 fully saturated rings. The highest BCUT2D eigenvalue weighted by Crippen LogP contribution is 2.19. The molecule has 0 bridgehead atoms. The molecule has 3 rings (SSSR count). The van der Waals surface area contributed by atoms with Gasteiger partial charge in [0.05, 0.1) is 12.7 Å². The van der Waals surface area contributed by atoms with Crippen LogP contribution in [-0.4, -0.2) is 39.5 Å². The molecule has 1 N–H and O–H groups in total. The number of hydrogen-bond donors (Lipinski definition) is 1. The van der Waals surface area contributed by atoms with Gasteiger partial charge in [-0.05, 0) is 31.4 Å². The summed E-state index contributed by atoms with van der Waals surface area (Å²) in [5.41, 5.74) is 3.81. The predicted octanol–water partition coefficient (Wildman–Crippen LogP) is 2.05. The van der Waals surface area contributed by atoms with Crippen LogP contribution in [0.15, 0.2) is 36.5 Å². The van der Waals surface area contributed by atoms with Gasteiger partial charge < -0.3 is 5.11 Å². The van der Waals surface area contributed by atoms with Crippen LogP contribution in [0.25, 0.3) is 0 Å². The van der Waals surface area contributed by atoms with Crippen LogP contribution in [0.4, 0.5) is 0 Å². The largest absolute Gasteiger partial charge is 0.396 e. The second kappa shape index (κ2) is 6.41. The van der Waals surface area contributed by atoms with E-state index in [0.717, 1.165) is 32.6 Å². The Morgan fingerprint density at radius 2 is 2.05 bits per heavy atom. The molecule has 4 nitrogen and oxygen atoms in total. The Morgan fingerprint density at radius 3 is 2.76 bits per heavy atom. The Bertz CT molecular complexity index is 579. The van der Waals surface area contributed by atoms with Crippen LogP contribution in [0.5, 0.6) is 0 Å². The molecule has 1 aliphatic rings. The van der Waals surface area contributed by atoms with E-state index >= 15 is 0 Å². The van der Waals surface area contributed by atoms with Gasteiger partial charge in [0.1, 0.15) is 0 Å². The predicted molar refractivity (Wildman–Crippen MR) is 83.0 cm³/mol. The summed E-state index contributed by atoms with van der Waals surface area (Å²) >= 11 is 0. The van der Waals surface area contributed by atoms with Gasteiger partial charge in [-0.1, -0.05) is 30.3 Å². The molecule has 1 aromatic carbocycles. The minimum Gasteiger partial charge on any atom is -0.396 e. The van der Waals surface area contributed by atoms with E-state index in [1.807, 2.05) is 12.3 Å². The van der Waals surface area contributed by atoms with Crippen molar-refractivity contribution >= 4 is 0 Å². The monoisotopic (exact) mass is 285 g/mol. The van der Waals surface area contributed by atoms with E-state index in [0.29, 0.717) is 12.5 Å². The highest BCUT2D eigenvalue weighted by molar-refractivity contribution is 5.20. The maximum atomic E-state index is 9.23. The zero-order valence-electron chi connectivity index (χ0n) is 12.6. The second-order valence-corrected chi connectivity index (χ2v) is 5.97. The van der Waals surface area contributed by atoms with Crippen LogP contribution >= 0.6 is 0 Å². The van der Waals surface area contributed by atoms with E-state index in [1.165, 1.54) is 16.8 Å². The maximum absolute atomic E-state index is 9.23. The molecule has 2 aromatic rings. The molecule has 112 valence electrons. The average Bonchev–Trinajstić information content (AvgIpc) is 3.10. The third-order valence-electron chi connectivity index (χ3n) is 4.40. The smallest absolute Gasteiger partial charge is 0.0662 e. The quantitative estimate of drug-likeness (QED) is 0.914. The molecule has 0 unspecified atom stereocenters. The van der Waals surface area contributed by atoms with Gasteiger partial charge in [-0.3, -0.25) is 9.58 Å². The van der Waals surface area contributed by atoms with Gasteiger partial charge in [-0.15, -0.1) is 0 Å². The van der Waals surface area contributed by atoms with Crippen molar-refractivity contribution in [3.8, 4) is 0 Å². The van der Waals surface area contributed by atoms with Crippen molar-refractivity contribution in [2.75, 3.05) is 19.7 Å². The number of benzene rings is 1. The average molecular weight is 285 g/mol. The number of aliphatic hydroxyl groups is 1. The summed E-state index contributed by atoms with van der Waals surface area (Å²) < 4.78 is 2.07. The summed E-state index contributed by atoms with van der Waals surface area (Å²) in [5, 5.41) is 13.8. The Hall–Kier alpha value is -1.65. The van der Waals surface area contributed by atoms with Gasteiger partial charge >= 0.3 is 0 Å². The molecular weight excluding hydrogens is 262 g/mol. The van der Waals surface area contributed by atoms with E-state index in [4.69, 9.17) is 0 Å². The lowest BCUT2D eigenvalue weighted by atomic mass is 10.1. The van der Waals surface area contributed by atoms with E-state index in [2.05, 4.69) is 45.9 Å². The van der Waals surface area contributed by atoms with Gasteiger partial charge in [0.15, 0.2) is 0 Å². The topological polar surface area (TPSA) is 41.3 Å². The van der Waals surface area contributed by atoms with Crippen LogP contribution < -0.4 is 0 Å². The Morgan fingerprint density at radius 1 is 1.24 bits per heavy atom. The number of likely N-dealkylation sites (tertiary alicyclic amines) is 1. The summed E-state index contributed by atoms with van der Waals surface area (Å²) in [6, 6.07) is 10.4. The molecule has 1 atom stereocenters. The standard InChI is InChI=1S/C17H23N3O/c1-14-17(12-19-8-7-16(10-19)13-21)9-18-20(14)11-15-5-3-2-4-6-15/h2-6,9,16,21H,7-8,10-13H2,1H3/t16-/m1/s1. The Balaban J connectivity index is 1.65. The zero-order chi connectivity index (χ0) is 14.7. The SMILES string of the molecule is Cc1c(CN2CC[C@@H](CO)C2)cnn1Cc1ccccc1. The van der Waals surface area contributed by atoms with Crippen LogP contribution in [0.3, 0.4) is 0 Å². The normalized spacial score (nSPS) is 19.2. The third kappa shape index (κ3) is 3.34. The first kappa shape index (κ1) is 14.3. The lowest BCUT2D eigenvalue weighted by Crippen LogP contribution is -2.21. The minimum atomic E-state index is 0.308. The van der Waals surface area contributed by atoms with Crippen molar-refractivity contribution in [2.45, 2.75) is 26.4 Å². The molecular formula is C17H23N3O. The number of nitrogens with zero attached hydrogens (tertiary/aromatic N) is 3. The van der Waals surface area contributed by atoms with E-state index in [-0.39, 0.29) is 0 Å². The van der Waals surface area contributed by atoms with Gasteiger partial charge in [0.25, 0.3) is 0 Å². The first-order valence-electron chi connectivity index (χ1n) is 7.64. The van der Waals surface area contributed by atoms with E-state index in [1.54, 1.807) is 0 Å². The molecule has 1 aromatic heterocycles. The van der Waals surface area contributed by atoms with Crippen molar-refractivity contribution in [2.24, 2.45) is 5.92 Å². The summed E-state index contributed by atoms with van der Waals surface area (Å²) in [7, 11) is 0. The molecule has 2 heterocycles. The molecule has 0 amide bonds. The van der Waals surface area contributed by atoms with Gasteiger partial charge in [-0.2, -0.15) is 5.10 Å². The molecule has 0 aliphatic carbocycles. The fourth-order valence-corrected chi connectivity index (χ4v) is 3.00. The Labute approximate surface area is 126 Å². The first-order valence-corrected chi connectivity index (χ1v) is 7.64. The molecule has 0 saturated carbocycles. The number of aromatic nitrogens is 2. The molecule has 1 aliphatic heterocycles. The molecule has 4 heteroatoms. The van der Waals surface area contributed by atoms with E-state index < -0.39 is 0 Å². The van der Waals surface area contributed by atoms with Crippen molar-refractivity contribution in [1.82, 2.24) is 14.7 Å². The third-order valence-corrected chi connectivity index (χ3v) is 4.40. The van der Waals surface area contributed by atoms with Crippen molar-refractivity contribution in [1.29, 1.82) is 0 Å². The first-order chi connectivity index (χ1) is 10.3. The minimum absolute atomic E-state index is 0.308. The van der Waals surface area contributed by atoms with Gasteiger partial charge in [0.2, 0.25) is 0 Å². The van der Waals surface area contributed by atoms with Crippen molar-refractivity contribution in [3.05, 3.63) is 53.3 Å². The van der Waals surface area contributed by atoms with Gasteiger partial charge in [0, 0.05) is 31.0 Å². The lowest BCUT2D eigenvalue weighted by molar-refractivity contribution is 0.220. The van der Waals surface area contributed by atoms with Gasteiger partial charge in [-0.25, -0.2) is 0 Å². The zero-order valence-corrected chi connectivity index (χ0v) is 12.6. The maximum Gasteiger partial charge on any atom is 0.0662 e. The van der Waals surface area contributed by atoms with Crippen LogP contribution in [0.1, 0.15) is 23.2 Å². The second-order valence-electron chi connectivity index (χ2n) is 5.97. The van der Waals surface area contributed by atoms with Crippen molar-refractivity contribution < 1.29 is 5.11 Å². The van der Waals surface area contributed by atoms with E-state index in [9.17, 15) is 5.11 Å². The van der Waals surface area contributed by atoms with Crippen LogP contribution in [0, 0.1) is 12.8 Å².